The van der Waals surface area contributed by atoms with E-state index in [1.165, 1.54) is 12.3 Å². The van der Waals surface area contributed by atoms with E-state index in [2.05, 4.69) is 31.2 Å². The van der Waals surface area contributed by atoms with Crippen LogP contribution in [0.4, 0.5) is 11.4 Å². The third kappa shape index (κ3) is 8.34. The highest BCUT2D eigenvalue weighted by molar-refractivity contribution is 14.1. The molecule has 7 amide bonds. The summed E-state index contributed by atoms with van der Waals surface area (Å²) in [6.45, 7) is 0.250. The van der Waals surface area contributed by atoms with E-state index in [-0.39, 0.29) is 41.2 Å². The fourth-order valence-corrected chi connectivity index (χ4v) is 7.31. The quantitative estimate of drug-likeness (QED) is 0.0611. The van der Waals surface area contributed by atoms with E-state index in [1.807, 2.05) is 59.0 Å². The van der Waals surface area contributed by atoms with Crippen LogP contribution in [0, 0.1) is 3.57 Å². The molecule has 0 saturated carbocycles. The summed E-state index contributed by atoms with van der Waals surface area (Å²) in [5.74, 6) is -3.86. The molecule has 6 N–H and O–H groups in total. The molecule has 58 heavy (non-hydrogen) atoms. The predicted octanol–water partition coefficient (Wildman–Crippen LogP) is 3.85. The van der Waals surface area contributed by atoms with Gasteiger partial charge in [-0.2, -0.15) is 0 Å². The lowest BCUT2D eigenvalue weighted by atomic mass is 10.00. The number of hydrogen-bond donors (Lipinski definition) is 5. The van der Waals surface area contributed by atoms with Gasteiger partial charge in [0.2, 0.25) is 11.8 Å². The van der Waals surface area contributed by atoms with Crippen molar-refractivity contribution in [2.24, 2.45) is 5.73 Å². The minimum atomic E-state index is -1.12. The van der Waals surface area contributed by atoms with Gasteiger partial charge in [0.1, 0.15) is 11.8 Å². The fourth-order valence-electron chi connectivity index (χ4n) is 6.70. The number of rotatable bonds is 14. The number of hydrogen-bond acceptors (Lipinski definition) is 11. The first-order valence-electron chi connectivity index (χ1n) is 18.2. The van der Waals surface area contributed by atoms with Crippen molar-refractivity contribution in [3.05, 3.63) is 111 Å². The van der Waals surface area contributed by atoms with Crippen molar-refractivity contribution in [3.63, 3.8) is 0 Å². The van der Waals surface area contributed by atoms with E-state index >= 15 is 0 Å². The van der Waals surface area contributed by atoms with E-state index < -0.39 is 48.1 Å². The normalized spacial score (nSPS) is 14.8. The third-order valence-corrected chi connectivity index (χ3v) is 10.5. The molecule has 1 saturated heterocycles. The lowest BCUT2D eigenvalue weighted by Gasteiger charge is -2.27. The molecule has 16 nitrogen and oxygen atoms in total. The van der Waals surface area contributed by atoms with Crippen LogP contribution in [-0.2, 0) is 14.4 Å². The molecule has 2 aromatic heterocycles. The zero-order valence-electron chi connectivity index (χ0n) is 30.7. The van der Waals surface area contributed by atoms with E-state index in [4.69, 9.17) is 10.5 Å². The van der Waals surface area contributed by atoms with Crippen molar-refractivity contribution in [3.8, 4) is 16.9 Å². The van der Waals surface area contributed by atoms with Crippen molar-refractivity contribution in [2.75, 3.05) is 25.0 Å². The van der Waals surface area contributed by atoms with Crippen molar-refractivity contribution >= 4 is 86.2 Å². The van der Waals surface area contributed by atoms with Gasteiger partial charge >= 0.3 is 0 Å². The monoisotopic (exact) mass is 894 g/mol. The summed E-state index contributed by atoms with van der Waals surface area (Å²) in [5.41, 5.74) is 9.93. The van der Waals surface area contributed by atoms with Gasteiger partial charge in [0.15, 0.2) is 6.61 Å². The van der Waals surface area contributed by atoms with Crippen molar-refractivity contribution in [1.82, 2.24) is 30.8 Å². The number of carbonyl (C=O) groups is 7. The molecule has 0 aliphatic carbocycles. The number of piperidine rings is 1. The number of nitrogens with one attached hydrogen (secondary N) is 4. The lowest BCUT2D eigenvalue weighted by Crippen LogP contribution is -2.54. The first kappa shape index (κ1) is 39.5. The molecular weight excluding hydrogens is 859 g/mol. The number of pyridine rings is 2. The number of aromatic nitrogens is 2. The Labute approximate surface area is 344 Å². The second-order valence-corrected chi connectivity index (χ2v) is 14.6. The molecule has 0 radical (unpaired) electrons. The Bertz CT molecular complexity index is 2500. The standard InChI is InChI=1S/C41H35IN8O8/c42-29-11-10-26-34(41(57)50(40(26)56)31-13-14-32(51)49-39(31)55)36(29)58-21-33(52)45-16-1-2-17-46-38(54)23-7-5-22(6-8-23)24-9-12-30-27(18-24)35(28(20-47-30)37(43)53)48-25-4-3-15-44-19-25/h3-12,15,18-20,31H,1-2,13-14,16-17,21H2,(H2,43,53)(H,45,52)(H,46,54)(H,47,48)(H,49,51,55). The molecule has 3 aromatic carbocycles. The Morgan fingerprint density at radius 3 is 2.40 bits per heavy atom. The fraction of sp³-hybridized carbons (Fsp3) is 0.195. The zero-order valence-corrected chi connectivity index (χ0v) is 32.8. The summed E-state index contributed by atoms with van der Waals surface area (Å²) in [6.07, 6.45) is 5.88. The number of unbranched alkanes of at least 4 members (excludes halogenated alkanes) is 1. The minimum absolute atomic E-state index is 0.00454. The van der Waals surface area contributed by atoms with E-state index in [1.54, 1.807) is 36.7 Å². The molecule has 2 aliphatic rings. The van der Waals surface area contributed by atoms with Gasteiger partial charge in [-0.1, -0.05) is 18.2 Å². The van der Waals surface area contributed by atoms with Crippen molar-refractivity contribution in [2.45, 2.75) is 31.7 Å². The van der Waals surface area contributed by atoms with Crippen LogP contribution in [-0.4, -0.2) is 82.0 Å². The molecule has 294 valence electrons. The number of fused-ring (bicyclic) bond motifs is 2. The summed E-state index contributed by atoms with van der Waals surface area (Å²) >= 11 is 1.94. The molecule has 5 aromatic rings. The van der Waals surface area contributed by atoms with Crippen LogP contribution in [0.3, 0.4) is 0 Å². The summed E-state index contributed by atoms with van der Waals surface area (Å²) in [5, 5.41) is 11.7. The molecule has 4 heterocycles. The van der Waals surface area contributed by atoms with Crippen LogP contribution >= 0.6 is 22.6 Å². The average Bonchev–Trinajstić information content (AvgIpc) is 3.47. The Balaban J connectivity index is 0.883. The van der Waals surface area contributed by atoms with Crippen LogP contribution in [0.2, 0.25) is 0 Å². The van der Waals surface area contributed by atoms with E-state index in [0.29, 0.717) is 57.3 Å². The van der Waals surface area contributed by atoms with Crippen molar-refractivity contribution < 1.29 is 38.3 Å². The molecule has 0 bridgehead atoms. The van der Waals surface area contributed by atoms with Gasteiger partial charge in [0.05, 0.1) is 43.3 Å². The maximum Gasteiger partial charge on any atom is 0.266 e. The summed E-state index contributed by atoms with van der Waals surface area (Å²) in [7, 11) is 0. The number of amides is 7. The topological polar surface area (TPSA) is 232 Å². The first-order valence-corrected chi connectivity index (χ1v) is 19.3. The molecule has 7 rings (SSSR count). The average molecular weight is 895 g/mol. The molecule has 1 atom stereocenters. The zero-order chi connectivity index (χ0) is 40.9. The summed E-state index contributed by atoms with van der Waals surface area (Å²) < 4.78 is 6.24. The van der Waals surface area contributed by atoms with Crippen LogP contribution in [0.25, 0.3) is 22.0 Å². The van der Waals surface area contributed by atoms with Gasteiger partial charge < -0.3 is 26.4 Å². The number of halogens is 1. The Kier molecular flexibility index (Phi) is 11.7. The highest BCUT2D eigenvalue weighted by Crippen LogP contribution is 2.37. The van der Waals surface area contributed by atoms with Crippen LogP contribution in [0.1, 0.15) is 67.1 Å². The summed E-state index contributed by atoms with van der Waals surface area (Å²) in [4.78, 5) is 97.7. The largest absolute Gasteiger partial charge is 0.482 e. The maximum atomic E-state index is 13.4. The highest BCUT2D eigenvalue weighted by Gasteiger charge is 2.46. The molecule has 0 spiro atoms. The molecule has 17 heteroatoms. The SMILES string of the molecule is NC(=O)c1cnc2ccc(-c3ccc(C(=O)NCCCCNC(=O)COc4c(I)ccc5c4C(=O)N(C4CCC(=O)NC4=O)C5=O)cc3)cc2c1Nc1cccnc1. The lowest BCUT2D eigenvalue weighted by molar-refractivity contribution is -0.136. The Morgan fingerprint density at radius 2 is 1.67 bits per heavy atom. The number of nitrogens with two attached hydrogens (primary N) is 1. The summed E-state index contributed by atoms with van der Waals surface area (Å²) in [6, 6.07) is 18.3. The molecular formula is C41H35IN8O8. The number of primary amides is 1. The van der Waals surface area contributed by atoms with E-state index in [9.17, 15) is 33.6 Å². The van der Waals surface area contributed by atoms with Crippen LogP contribution in [0.15, 0.2) is 85.3 Å². The van der Waals surface area contributed by atoms with Gasteiger partial charge in [0, 0.05) is 42.9 Å². The van der Waals surface area contributed by atoms with Gasteiger partial charge in [-0.25, -0.2) is 0 Å². The number of anilines is 2. The van der Waals surface area contributed by atoms with Gasteiger partial charge in [-0.3, -0.25) is 53.7 Å². The maximum absolute atomic E-state index is 13.4. The second kappa shape index (κ2) is 17.2. The molecule has 1 fully saturated rings. The number of carbonyl (C=O) groups excluding carboxylic acids is 7. The first-order chi connectivity index (χ1) is 28.0. The third-order valence-electron chi connectivity index (χ3n) is 9.62. The smallest absolute Gasteiger partial charge is 0.266 e. The molecule has 1 unspecified atom stereocenters. The van der Waals surface area contributed by atoms with Crippen LogP contribution < -0.4 is 31.7 Å². The van der Waals surface area contributed by atoms with Gasteiger partial charge in [0.25, 0.3) is 29.5 Å². The second-order valence-electron chi connectivity index (χ2n) is 13.4. The highest BCUT2D eigenvalue weighted by atomic mass is 127. The Hall–Kier alpha value is -6.76. The van der Waals surface area contributed by atoms with Gasteiger partial charge in [-0.05, 0) is 102 Å². The Morgan fingerprint density at radius 1 is 0.914 bits per heavy atom. The molecule has 2 aliphatic heterocycles. The van der Waals surface area contributed by atoms with Crippen molar-refractivity contribution in [1.29, 1.82) is 0 Å². The number of imide groups is 2. The minimum Gasteiger partial charge on any atom is -0.482 e. The number of ether oxygens (including phenoxy) is 1. The predicted molar refractivity (Wildman–Crippen MR) is 219 cm³/mol. The van der Waals surface area contributed by atoms with E-state index in [0.717, 1.165) is 16.0 Å². The number of nitrogens with zero attached hydrogens (tertiary/aromatic N) is 3. The number of benzene rings is 3. The van der Waals surface area contributed by atoms with Gasteiger partial charge in [-0.15, -0.1) is 0 Å². The van der Waals surface area contributed by atoms with Crippen LogP contribution in [0.5, 0.6) is 5.75 Å².